The summed E-state index contributed by atoms with van der Waals surface area (Å²) in [6.07, 6.45) is 12.4. The first kappa shape index (κ1) is 21.5. The molecule has 2 aliphatic rings. The second-order valence-electron chi connectivity index (χ2n) is 8.86. The Morgan fingerprint density at radius 2 is 1.71 bits per heavy atom. The van der Waals surface area contributed by atoms with Crippen molar-refractivity contribution in [2.45, 2.75) is 70.4 Å². The summed E-state index contributed by atoms with van der Waals surface area (Å²) in [6.45, 7) is 2.05. The summed E-state index contributed by atoms with van der Waals surface area (Å²) in [7, 11) is 3.82. The Morgan fingerprint density at radius 1 is 1.03 bits per heavy atom. The Morgan fingerprint density at radius 3 is 2.32 bits per heavy atom. The van der Waals surface area contributed by atoms with Gasteiger partial charge in [-0.15, -0.1) is 0 Å². The number of aromatic nitrogens is 1. The fraction of sp³-hybridized carbons (Fsp3) is 0.520. The van der Waals surface area contributed by atoms with Crippen molar-refractivity contribution in [3.63, 3.8) is 0 Å². The van der Waals surface area contributed by atoms with Gasteiger partial charge in [0.05, 0.1) is 24.7 Å². The van der Waals surface area contributed by atoms with Gasteiger partial charge in [0.15, 0.2) is 0 Å². The largest absolute Gasteiger partial charge is 0.497 e. The van der Waals surface area contributed by atoms with Gasteiger partial charge in [0.2, 0.25) is 6.41 Å². The number of ether oxygens (including phenoxy) is 1. The van der Waals surface area contributed by atoms with E-state index in [1.54, 1.807) is 7.11 Å². The quantitative estimate of drug-likeness (QED) is 0.575. The Labute approximate surface area is 185 Å². The summed E-state index contributed by atoms with van der Waals surface area (Å²) in [4.78, 5) is 21.2. The molecule has 0 atom stereocenters. The Hall–Kier alpha value is -2.76. The normalized spacial score (nSPS) is 17.0. The van der Waals surface area contributed by atoms with Crippen molar-refractivity contribution < 1.29 is 9.53 Å². The number of anilines is 4. The van der Waals surface area contributed by atoms with Crippen LogP contribution in [-0.2, 0) is 4.79 Å². The zero-order valence-corrected chi connectivity index (χ0v) is 18.9. The second-order valence-corrected chi connectivity index (χ2v) is 8.86. The summed E-state index contributed by atoms with van der Waals surface area (Å²) >= 11 is 0. The minimum Gasteiger partial charge on any atom is -0.497 e. The van der Waals surface area contributed by atoms with Gasteiger partial charge in [-0.2, -0.15) is 0 Å². The van der Waals surface area contributed by atoms with Gasteiger partial charge in [-0.25, -0.2) is 4.98 Å². The fourth-order valence-corrected chi connectivity index (χ4v) is 5.04. The Bertz CT molecular complexity index is 904. The van der Waals surface area contributed by atoms with E-state index in [4.69, 9.17) is 9.72 Å². The number of nitrogens with one attached hydrogen (secondary N) is 1. The van der Waals surface area contributed by atoms with Gasteiger partial charge in [0.1, 0.15) is 11.6 Å². The number of nitrogens with zero attached hydrogens (tertiary/aromatic N) is 3. The lowest BCUT2D eigenvalue weighted by Gasteiger charge is -2.33. The number of carbonyl (C=O) groups is 1. The summed E-state index contributed by atoms with van der Waals surface area (Å²) in [5, 5.41) is 3.44. The summed E-state index contributed by atoms with van der Waals surface area (Å²) < 4.78 is 5.32. The molecular formula is C25H34N4O2. The SMILES string of the molecule is COc1ccc(Nc2cc(N(C=O)C3CCCC3)c(N(C)C3CCCC3)cn2)c(C)c1. The number of aryl methyl sites for hydroxylation is 1. The molecule has 6 nitrogen and oxygen atoms in total. The predicted octanol–water partition coefficient (Wildman–Crippen LogP) is 5.43. The number of carbonyl (C=O) groups excluding carboxylic acids is 1. The van der Waals surface area contributed by atoms with Crippen molar-refractivity contribution in [3.05, 3.63) is 36.0 Å². The van der Waals surface area contributed by atoms with Crippen LogP contribution in [0.25, 0.3) is 0 Å². The molecule has 1 N–H and O–H groups in total. The number of methoxy groups -OCH3 is 1. The van der Waals surface area contributed by atoms with Crippen molar-refractivity contribution in [3.8, 4) is 5.75 Å². The highest BCUT2D eigenvalue weighted by atomic mass is 16.5. The van der Waals surface area contributed by atoms with Gasteiger partial charge >= 0.3 is 0 Å². The van der Waals surface area contributed by atoms with Crippen molar-refractivity contribution in [2.24, 2.45) is 0 Å². The Kier molecular flexibility index (Phi) is 6.64. The number of benzene rings is 1. The molecule has 4 rings (SSSR count). The van der Waals surface area contributed by atoms with Crippen LogP contribution in [0.3, 0.4) is 0 Å². The summed E-state index contributed by atoms with van der Waals surface area (Å²) in [5.74, 6) is 1.58. The van der Waals surface area contributed by atoms with Gasteiger partial charge in [0, 0.05) is 30.9 Å². The van der Waals surface area contributed by atoms with Crippen LogP contribution in [0.4, 0.5) is 22.9 Å². The highest BCUT2D eigenvalue weighted by molar-refractivity contribution is 5.86. The maximum absolute atomic E-state index is 12.2. The van der Waals surface area contributed by atoms with Crippen molar-refractivity contribution in [2.75, 3.05) is 29.3 Å². The monoisotopic (exact) mass is 422 g/mol. The predicted molar refractivity (Wildman–Crippen MR) is 127 cm³/mol. The van der Waals surface area contributed by atoms with Crippen LogP contribution in [-0.4, -0.2) is 37.6 Å². The van der Waals surface area contributed by atoms with Gasteiger partial charge in [-0.3, -0.25) is 4.79 Å². The van der Waals surface area contributed by atoms with E-state index in [0.717, 1.165) is 53.4 Å². The second kappa shape index (κ2) is 9.58. The third-order valence-corrected chi connectivity index (χ3v) is 6.92. The van der Waals surface area contributed by atoms with E-state index in [1.807, 2.05) is 42.3 Å². The number of hydrogen-bond acceptors (Lipinski definition) is 5. The summed E-state index contributed by atoms with van der Waals surface area (Å²) in [6, 6.07) is 8.77. The molecule has 31 heavy (non-hydrogen) atoms. The molecule has 0 aliphatic heterocycles. The standard InChI is InChI=1S/C25H34N4O2/c1-18-14-21(31-3)12-13-22(18)27-25-15-23(29(17-30)20-10-6-7-11-20)24(16-26-25)28(2)19-8-4-5-9-19/h12-17,19-20H,4-11H2,1-3H3,(H,26,27). The van der Waals surface area contributed by atoms with E-state index in [0.29, 0.717) is 6.04 Å². The molecule has 0 spiro atoms. The molecule has 6 heteroatoms. The smallest absolute Gasteiger partial charge is 0.214 e. The molecule has 1 aromatic heterocycles. The van der Waals surface area contributed by atoms with Gasteiger partial charge in [-0.05, 0) is 56.4 Å². The van der Waals surface area contributed by atoms with Crippen molar-refractivity contribution in [1.29, 1.82) is 0 Å². The molecule has 0 unspecified atom stereocenters. The molecule has 0 radical (unpaired) electrons. The number of pyridine rings is 1. The summed E-state index contributed by atoms with van der Waals surface area (Å²) in [5.41, 5.74) is 4.07. The molecule has 2 aromatic rings. The molecule has 2 fully saturated rings. The highest BCUT2D eigenvalue weighted by Crippen LogP contribution is 2.38. The minimum absolute atomic E-state index is 0.270. The van der Waals surface area contributed by atoms with Crippen LogP contribution < -0.4 is 19.9 Å². The number of rotatable bonds is 8. The van der Waals surface area contributed by atoms with Crippen molar-refractivity contribution in [1.82, 2.24) is 4.98 Å². The maximum Gasteiger partial charge on any atom is 0.214 e. The lowest BCUT2D eigenvalue weighted by Crippen LogP contribution is -2.35. The van der Waals surface area contributed by atoms with E-state index < -0.39 is 0 Å². The minimum atomic E-state index is 0.270. The molecule has 0 saturated heterocycles. The molecule has 1 aromatic carbocycles. The lowest BCUT2D eigenvalue weighted by atomic mass is 10.1. The van der Waals surface area contributed by atoms with Crippen LogP contribution >= 0.6 is 0 Å². The lowest BCUT2D eigenvalue weighted by molar-refractivity contribution is -0.107. The third kappa shape index (κ3) is 4.63. The van der Waals surface area contributed by atoms with Gasteiger partial charge in [0.25, 0.3) is 0 Å². The van der Waals surface area contributed by atoms with E-state index >= 15 is 0 Å². The van der Waals surface area contributed by atoms with Crippen LogP contribution in [0.15, 0.2) is 30.5 Å². The number of hydrogen-bond donors (Lipinski definition) is 1. The van der Waals surface area contributed by atoms with Crippen LogP contribution in [0.5, 0.6) is 5.75 Å². The molecule has 1 heterocycles. The maximum atomic E-state index is 12.2. The van der Waals surface area contributed by atoms with Gasteiger partial charge < -0.3 is 19.9 Å². The molecule has 2 aliphatic carbocycles. The first-order valence-corrected chi connectivity index (χ1v) is 11.5. The molecule has 166 valence electrons. The average Bonchev–Trinajstić information content (AvgIpc) is 3.50. The fourth-order valence-electron chi connectivity index (χ4n) is 5.04. The molecular weight excluding hydrogens is 388 g/mol. The first-order valence-electron chi connectivity index (χ1n) is 11.5. The van der Waals surface area contributed by atoms with E-state index in [9.17, 15) is 4.79 Å². The number of amides is 1. The average molecular weight is 423 g/mol. The van der Waals surface area contributed by atoms with Crippen LogP contribution in [0.1, 0.15) is 56.9 Å². The van der Waals surface area contributed by atoms with E-state index in [1.165, 1.54) is 38.5 Å². The van der Waals surface area contributed by atoms with Crippen LogP contribution in [0, 0.1) is 6.92 Å². The van der Waals surface area contributed by atoms with E-state index in [2.05, 4.69) is 17.3 Å². The van der Waals surface area contributed by atoms with Gasteiger partial charge in [-0.1, -0.05) is 25.7 Å². The van der Waals surface area contributed by atoms with Crippen molar-refractivity contribution >= 4 is 29.3 Å². The topological polar surface area (TPSA) is 57.7 Å². The first-order chi connectivity index (χ1) is 15.1. The molecule has 2 saturated carbocycles. The molecule has 0 bridgehead atoms. The molecule has 1 amide bonds. The van der Waals surface area contributed by atoms with E-state index in [-0.39, 0.29) is 6.04 Å². The third-order valence-electron chi connectivity index (χ3n) is 6.92. The zero-order valence-electron chi connectivity index (χ0n) is 18.9. The Balaban J connectivity index is 1.68. The highest BCUT2D eigenvalue weighted by Gasteiger charge is 2.28. The zero-order chi connectivity index (χ0) is 21.8. The van der Waals surface area contributed by atoms with Crippen LogP contribution in [0.2, 0.25) is 0 Å².